The largest absolute Gasteiger partial charge is 0.313 e. The summed E-state index contributed by atoms with van der Waals surface area (Å²) in [4.78, 5) is 0. The van der Waals surface area contributed by atoms with Gasteiger partial charge in [0.05, 0.1) is 5.66 Å². The lowest BCUT2D eigenvalue weighted by atomic mass is 9.68. The van der Waals surface area contributed by atoms with E-state index in [1.807, 2.05) is 0 Å². The molecule has 2 unspecified atom stereocenters. The molecule has 2 fully saturated rings. The molecular formula is C19H38N2. The number of hydrogen-bond acceptors (Lipinski definition) is 2. The summed E-state index contributed by atoms with van der Waals surface area (Å²) in [7, 11) is 0. The van der Waals surface area contributed by atoms with Gasteiger partial charge in [0.1, 0.15) is 0 Å². The number of rotatable bonds is 2. The minimum Gasteiger partial charge on any atom is -0.313 e. The molecule has 0 bridgehead atoms. The molecule has 1 aliphatic carbocycles. The monoisotopic (exact) mass is 294 g/mol. The molecule has 2 aliphatic rings. The van der Waals surface area contributed by atoms with Crippen LogP contribution in [0.2, 0.25) is 0 Å². The van der Waals surface area contributed by atoms with Crippen LogP contribution in [0.25, 0.3) is 0 Å². The summed E-state index contributed by atoms with van der Waals surface area (Å²) < 4.78 is 0. The summed E-state index contributed by atoms with van der Waals surface area (Å²) in [6, 6.07) is 0. The van der Waals surface area contributed by atoms with E-state index in [0.29, 0.717) is 0 Å². The topological polar surface area (TPSA) is 38.0 Å². The summed E-state index contributed by atoms with van der Waals surface area (Å²) in [5.41, 5.74) is 7.13. The molecule has 2 rings (SSSR count). The maximum atomic E-state index is 6.99. The van der Waals surface area contributed by atoms with Gasteiger partial charge in [-0.15, -0.1) is 0 Å². The van der Waals surface area contributed by atoms with Gasteiger partial charge in [-0.1, -0.05) is 59.3 Å². The Morgan fingerprint density at radius 1 is 0.905 bits per heavy atom. The van der Waals surface area contributed by atoms with Gasteiger partial charge in [-0.05, 0) is 55.9 Å². The van der Waals surface area contributed by atoms with Crippen LogP contribution in [-0.2, 0) is 0 Å². The highest BCUT2D eigenvalue weighted by molar-refractivity contribution is 5.00. The zero-order valence-electron chi connectivity index (χ0n) is 14.7. The third-order valence-electron chi connectivity index (χ3n) is 6.59. The minimum absolute atomic E-state index is 0.138. The molecule has 3 N–H and O–H groups in total. The van der Waals surface area contributed by atoms with Crippen LogP contribution in [0.3, 0.4) is 0 Å². The fraction of sp³-hybridized carbons (Fsp3) is 1.00. The molecule has 1 aliphatic heterocycles. The van der Waals surface area contributed by atoms with E-state index >= 15 is 0 Å². The maximum Gasteiger partial charge on any atom is 0.0717 e. The third-order valence-corrected chi connectivity index (χ3v) is 6.59. The molecule has 2 heteroatoms. The second-order valence-corrected chi connectivity index (χ2v) is 8.41. The van der Waals surface area contributed by atoms with E-state index in [1.165, 1.54) is 64.2 Å². The lowest BCUT2D eigenvalue weighted by Crippen LogP contribution is -2.63. The van der Waals surface area contributed by atoms with Gasteiger partial charge in [0.25, 0.3) is 0 Å². The van der Waals surface area contributed by atoms with Gasteiger partial charge in [0.2, 0.25) is 0 Å². The first kappa shape index (κ1) is 17.3. The van der Waals surface area contributed by atoms with Crippen LogP contribution in [0.1, 0.15) is 91.4 Å². The van der Waals surface area contributed by atoms with Crippen LogP contribution in [0.4, 0.5) is 0 Å². The van der Waals surface area contributed by atoms with Crippen molar-refractivity contribution in [3.63, 3.8) is 0 Å². The maximum absolute atomic E-state index is 6.99. The highest BCUT2D eigenvalue weighted by Crippen LogP contribution is 2.44. The quantitative estimate of drug-likeness (QED) is 0.765. The predicted octanol–water partition coefficient (Wildman–Crippen LogP) is 4.83. The Hall–Kier alpha value is -0.0800. The molecular weight excluding hydrogens is 256 g/mol. The summed E-state index contributed by atoms with van der Waals surface area (Å²) in [6.07, 6.45) is 14.8. The molecule has 1 saturated heterocycles. The second kappa shape index (κ2) is 7.46. The Morgan fingerprint density at radius 2 is 1.48 bits per heavy atom. The normalized spacial score (nSPS) is 35.6. The Balaban J connectivity index is 2.07. The molecule has 21 heavy (non-hydrogen) atoms. The lowest BCUT2D eigenvalue weighted by Gasteiger charge is -2.47. The number of nitrogens with two attached hydrogens (primary N) is 1. The first-order chi connectivity index (χ1) is 9.97. The van der Waals surface area contributed by atoms with Crippen molar-refractivity contribution in [2.24, 2.45) is 23.0 Å². The summed E-state index contributed by atoms with van der Waals surface area (Å²) >= 11 is 0. The van der Waals surface area contributed by atoms with Crippen molar-refractivity contribution in [3.8, 4) is 0 Å². The van der Waals surface area contributed by atoms with Gasteiger partial charge in [0.15, 0.2) is 0 Å². The average Bonchev–Trinajstić information content (AvgIpc) is 2.57. The Labute approximate surface area is 132 Å². The van der Waals surface area contributed by atoms with Crippen LogP contribution >= 0.6 is 0 Å². The minimum atomic E-state index is -0.138. The highest BCUT2D eigenvalue weighted by Gasteiger charge is 2.45. The standard InChI is InChI=1S/C19H38N2/c1-16(2)17-10-14-19(20,21-15-11-17)18(3)12-8-6-4-5-7-9-13-18/h16-17,21H,4-15,20H2,1-3H3. The van der Waals surface area contributed by atoms with E-state index in [-0.39, 0.29) is 11.1 Å². The van der Waals surface area contributed by atoms with Crippen LogP contribution in [0.5, 0.6) is 0 Å². The molecule has 2 atom stereocenters. The number of hydrogen-bond donors (Lipinski definition) is 2. The molecule has 2 nitrogen and oxygen atoms in total. The van der Waals surface area contributed by atoms with Gasteiger partial charge in [-0.2, -0.15) is 0 Å². The molecule has 124 valence electrons. The fourth-order valence-corrected chi connectivity index (χ4v) is 4.62. The van der Waals surface area contributed by atoms with Crippen LogP contribution in [-0.4, -0.2) is 12.2 Å². The molecule has 1 saturated carbocycles. The second-order valence-electron chi connectivity index (χ2n) is 8.41. The molecule has 1 heterocycles. The Morgan fingerprint density at radius 3 is 2.05 bits per heavy atom. The fourth-order valence-electron chi connectivity index (χ4n) is 4.62. The van der Waals surface area contributed by atoms with Gasteiger partial charge in [0, 0.05) is 0 Å². The van der Waals surface area contributed by atoms with Gasteiger partial charge >= 0.3 is 0 Å². The summed E-state index contributed by atoms with van der Waals surface area (Å²) in [6.45, 7) is 8.32. The van der Waals surface area contributed by atoms with Crippen LogP contribution in [0.15, 0.2) is 0 Å². The third kappa shape index (κ3) is 4.22. The van der Waals surface area contributed by atoms with E-state index in [4.69, 9.17) is 5.73 Å². The first-order valence-corrected chi connectivity index (χ1v) is 9.51. The van der Waals surface area contributed by atoms with Crippen LogP contribution in [0, 0.1) is 17.3 Å². The smallest absolute Gasteiger partial charge is 0.0717 e. The molecule has 0 aromatic carbocycles. The van der Waals surface area contributed by atoms with Crippen molar-refractivity contribution in [1.29, 1.82) is 0 Å². The SMILES string of the molecule is CC(C)C1CCNC(N)(C2(C)CCCCCCCC2)CC1. The zero-order valence-corrected chi connectivity index (χ0v) is 14.7. The summed E-state index contributed by atoms with van der Waals surface area (Å²) in [5, 5.41) is 3.80. The van der Waals surface area contributed by atoms with Crippen molar-refractivity contribution >= 4 is 0 Å². The molecule has 0 aromatic heterocycles. The first-order valence-electron chi connectivity index (χ1n) is 9.51. The van der Waals surface area contributed by atoms with E-state index < -0.39 is 0 Å². The van der Waals surface area contributed by atoms with Crippen molar-refractivity contribution in [1.82, 2.24) is 5.32 Å². The van der Waals surface area contributed by atoms with E-state index in [0.717, 1.165) is 24.8 Å². The van der Waals surface area contributed by atoms with Crippen molar-refractivity contribution in [3.05, 3.63) is 0 Å². The molecule has 0 radical (unpaired) electrons. The Kier molecular flexibility index (Phi) is 6.14. The van der Waals surface area contributed by atoms with Crippen molar-refractivity contribution < 1.29 is 0 Å². The van der Waals surface area contributed by atoms with E-state index in [1.54, 1.807) is 0 Å². The summed E-state index contributed by atoms with van der Waals surface area (Å²) in [5.74, 6) is 1.64. The average molecular weight is 295 g/mol. The molecule has 0 aromatic rings. The van der Waals surface area contributed by atoms with E-state index in [2.05, 4.69) is 26.1 Å². The van der Waals surface area contributed by atoms with Crippen molar-refractivity contribution in [2.75, 3.05) is 6.54 Å². The van der Waals surface area contributed by atoms with E-state index in [9.17, 15) is 0 Å². The zero-order chi connectivity index (χ0) is 15.3. The predicted molar refractivity (Wildman–Crippen MR) is 92.1 cm³/mol. The van der Waals surface area contributed by atoms with Gasteiger partial charge in [-0.3, -0.25) is 5.32 Å². The highest BCUT2D eigenvalue weighted by atomic mass is 15.1. The molecule has 0 spiro atoms. The Bertz CT molecular complexity index is 303. The van der Waals surface area contributed by atoms with Gasteiger partial charge < -0.3 is 5.73 Å². The van der Waals surface area contributed by atoms with Gasteiger partial charge in [-0.25, -0.2) is 0 Å². The van der Waals surface area contributed by atoms with Crippen molar-refractivity contribution in [2.45, 2.75) is 97.1 Å². The van der Waals surface area contributed by atoms with Crippen LogP contribution < -0.4 is 11.1 Å². The number of nitrogens with one attached hydrogen (secondary N) is 1. The molecule has 0 amide bonds. The lowest BCUT2D eigenvalue weighted by molar-refractivity contribution is 0.0716.